The Hall–Kier alpha value is -1.15. The van der Waals surface area contributed by atoms with Crippen LogP contribution in [0.3, 0.4) is 0 Å². The molecule has 0 radical (unpaired) electrons. The van der Waals surface area contributed by atoms with Gasteiger partial charge in [0.25, 0.3) is 0 Å². The molecule has 1 N–H and O–H groups in total. The van der Waals surface area contributed by atoms with Gasteiger partial charge in [0, 0.05) is 19.2 Å². The summed E-state index contributed by atoms with van der Waals surface area (Å²) in [6.45, 7) is 4.94. The lowest BCUT2D eigenvalue weighted by molar-refractivity contribution is -0.121. The van der Waals surface area contributed by atoms with Gasteiger partial charge in [-0.2, -0.15) is 10.2 Å². The standard InChI is InChI=1S/C13H17Br2N5O/c1-8-13(15)9(2)20(18-8)5-4-12(21)16-7-11-10(14)6-17-19(11)3/h6H,4-5,7H2,1-3H3,(H,16,21). The number of rotatable bonds is 5. The van der Waals surface area contributed by atoms with Crippen molar-refractivity contribution in [2.75, 3.05) is 0 Å². The van der Waals surface area contributed by atoms with Gasteiger partial charge in [-0.25, -0.2) is 0 Å². The number of aryl methyl sites for hydroxylation is 3. The second kappa shape index (κ2) is 6.74. The molecule has 0 aliphatic carbocycles. The molecule has 0 aliphatic rings. The smallest absolute Gasteiger partial charge is 0.222 e. The van der Waals surface area contributed by atoms with Gasteiger partial charge in [0.2, 0.25) is 5.91 Å². The second-order valence-electron chi connectivity index (χ2n) is 4.80. The van der Waals surface area contributed by atoms with E-state index in [0.29, 0.717) is 19.5 Å². The Kier molecular flexibility index (Phi) is 5.21. The van der Waals surface area contributed by atoms with E-state index in [2.05, 4.69) is 47.4 Å². The third-order valence-electron chi connectivity index (χ3n) is 3.31. The fourth-order valence-corrected chi connectivity index (χ4v) is 2.78. The van der Waals surface area contributed by atoms with Crippen LogP contribution in [0.25, 0.3) is 0 Å². The summed E-state index contributed by atoms with van der Waals surface area (Å²) in [6, 6.07) is 0. The number of nitrogens with one attached hydrogen (secondary N) is 1. The maximum Gasteiger partial charge on any atom is 0.222 e. The molecular weight excluding hydrogens is 402 g/mol. The number of carbonyl (C=O) groups is 1. The van der Waals surface area contributed by atoms with Gasteiger partial charge in [-0.3, -0.25) is 14.2 Å². The summed E-state index contributed by atoms with van der Waals surface area (Å²) >= 11 is 6.89. The predicted molar refractivity (Wildman–Crippen MR) is 86.8 cm³/mol. The summed E-state index contributed by atoms with van der Waals surface area (Å²) in [5, 5.41) is 11.4. The number of hydrogen-bond acceptors (Lipinski definition) is 3. The highest BCUT2D eigenvalue weighted by molar-refractivity contribution is 9.10. The topological polar surface area (TPSA) is 64.7 Å². The first-order valence-corrected chi connectivity index (χ1v) is 8.11. The summed E-state index contributed by atoms with van der Waals surface area (Å²) in [5.74, 6) is -0.00762. The first-order valence-electron chi connectivity index (χ1n) is 6.52. The molecule has 0 aliphatic heterocycles. The fourth-order valence-electron chi connectivity index (χ4n) is 2.01. The maximum absolute atomic E-state index is 11.9. The molecule has 2 aromatic rings. The monoisotopic (exact) mass is 417 g/mol. The normalized spacial score (nSPS) is 10.9. The minimum absolute atomic E-state index is 0.00762. The second-order valence-corrected chi connectivity index (χ2v) is 6.44. The third kappa shape index (κ3) is 3.74. The lowest BCUT2D eigenvalue weighted by atomic mass is 10.3. The van der Waals surface area contributed by atoms with Crippen LogP contribution >= 0.6 is 31.9 Å². The molecule has 0 bridgehead atoms. The van der Waals surface area contributed by atoms with E-state index in [0.717, 1.165) is 26.0 Å². The summed E-state index contributed by atoms with van der Waals surface area (Å²) in [4.78, 5) is 11.9. The number of carbonyl (C=O) groups excluding carboxylic acids is 1. The zero-order chi connectivity index (χ0) is 15.6. The Morgan fingerprint density at radius 3 is 2.62 bits per heavy atom. The summed E-state index contributed by atoms with van der Waals surface area (Å²) in [7, 11) is 1.85. The minimum Gasteiger partial charge on any atom is -0.350 e. The maximum atomic E-state index is 11.9. The Morgan fingerprint density at radius 2 is 2.10 bits per heavy atom. The van der Waals surface area contributed by atoms with Gasteiger partial charge in [0.1, 0.15) is 0 Å². The van der Waals surface area contributed by atoms with Crippen molar-refractivity contribution in [1.82, 2.24) is 24.9 Å². The molecule has 2 rings (SSSR count). The first-order chi connectivity index (χ1) is 9.90. The lowest BCUT2D eigenvalue weighted by Gasteiger charge is -2.07. The molecule has 2 heterocycles. The van der Waals surface area contributed by atoms with Crippen molar-refractivity contribution in [3.05, 3.63) is 32.2 Å². The van der Waals surface area contributed by atoms with E-state index in [1.165, 1.54) is 0 Å². The number of amides is 1. The van der Waals surface area contributed by atoms with Crippen LogP contribution in [-0.4, -0.2) is 25.5 Å². The first kappa shape index (κ1) is 16.2. The van der Waals surface area contributed by atoms with Crippen LogP contribution in [0.4, 0.5) is 0 Å². The van der Waals surface area contributed by atoms with E-state index in [9.17, 15) is 4.79 Å². The molecule has 114 valence electrons. The van der Waals surface area contributed by atoms with Crippen LogP contribution in [0.1, 0.15) is 23.5 Å². The zero-order valence-electron chi connectivity index (χ0n) is 12.2. The van der Waals surface area contributed by atoms with Crippen molar-refractivity contribution in [2.24, 2.45) is 7.05 Å². The molecule has 0 saturated carbocycles. The molecule has 0 fully saturated rings. The van der Waals surface area contributed by atoms with E-state index in [1.54, 1.807) is 10.9 Å². The molecule has 0 unspecified atom stereocenters. The number of halogens is 2. The van der Waals surface area contributed by atoms with Crippen molar-refractivity contribution in [3.8, 4) is 0 Å². The van der Waals surface area contributed by atoms with Gasteiger partial charge in [0.05, 0.1) is 39.6 Å². The van der Waals surface area contributed by atoms with Crippen molar-refractivity contribution >= 4 is 37.8 Å². The van der Waals surface area contributed by atoms with E-state index < -0.39 is 0 Å². The average molecular weight is 419 g/mol. The number of nitrogens with zero attached hydrogens (tertiary/aromatic N) is 4. The van der Waals surface area contributed by atoms with Gasteiger partial charge in [-0.05, 0) is 45.7 Å². The molecule has 21 heavy (non-hydrogen) atoms. The van der Waals surface area contributed by atoms with Crippen LogP contribution < -0.4 is 5.32 Å². The molecule has 0 spiro atoms. The van der Waals surface area contributed by atoms with Crippen LogP contribution in [-0.2, 0) is 24.9 Å². The molecule has 6 nitrogen and oxygen atoms in total. The minimum atomic E-state index is -0.00762. The molecule has 1 amide bonds. The van der Waals surface area contributed by atoms with Gasteiger partial charge in [-0.15, -0.1) is 0 Å². The van der Waals surface area contributed by atoms with Gasteiger partial charge in [0.15, 0.2) is 0 Å². The Bertz CT molecular complexity index is 642. The molecular formula is C13H17Br2N5O. The van der Waals surface area contributed by atoms with E-state index in [1.807, 2.05) is 25.6 Å². The highest BCUT2D eigenvalue weighted by Crippen LogP contribution is 2.19. The van der Waals surface area contributed by atoms with Gasteiger partial charge in [-0.1, -0.05) is 0 Å². The Labute approximate surface area is 140 Å². The molecule has 0 aromatic carbocycles. The molecule has 0 atom stereocenters. The van der Waals surface area contributed by atoms with Crippen LogP contribution in [0.5, 0.6) is 0 Å². The highest BCUT2D eigenvalue weighted by Gasteiger charge is 2.11. The van der Waals surface area contributed by atoms with E-state index >= 15 is 0 Å². The van der Waals surface area contributed by atoms with E-state index in [-0.39, 0.29) is 5.91 Å². The number of aromatic nitrogens is 4. The van der Waals surface area contributed by atoms with Crippen LogP contribution in [0.2, 0.25) is 0 Å². The average Bonchev–Trinajstić information content (AvgIpc) is 2.89. The lowest BCUT2D eigenvalue weighted by Crippen LogP contribution is -2.25. The van der Waals surface area contributed by atoms with Gasteiger partial charge < -0.3 is 5.32 Å². The predicted octanol–water partition coefficient (Wildman–Crippen LogP) is 2.46. The zero-order valence-corrected chi connectivity index (χ0v) is 15.3. The highest BCUT2D eigenvalue weighted by atomic mass is 79.9. The molecule has 0 saturated heterocycles. The van der Waals surface area contributed by atoms with Gasteiger partial charge >= 0.3 is 0 Å². The van der Waals surface area contributed by atoms with Crippen molar-refractivity contribution < 1.29 is 4.79 Å². The summed E-state index contributed by atoms with van der Waals surface area (Å²) < 4.78 is 5.48. The quantitative estimate of drug-likeness (QED) is 0.810. The largest absolute Gasteiger partial charge is 0.350 e. The summed E-state index contributed by atoms with van der Waals surface area (Å²) in [5.41, 5.74) is 2.92. The Morgan fingerprint density at radius 1 is 1.38 bits per heavy atom. The molecule has 8 heteroatoms. The number of hydrogen-bond donors (Lipinski definition) is 1. The van der Waals surface area contributed by atoms with Crippen LogP contribution in [0, 0.1) is 13.8 Å². The van der Waals surface area contributed by atoms with Crippen molar-refractivity contribution in [1.29, 1.82) is 0 Å². The molecule has 2 aromatic heterocycles. The van der Waals surface area contributed by atoms with E-state index in [4.69, 9.17) is 0 Å². The van der Waals surface area contributed by atoms with Crippen LogP contribution in [0.15, 0.2) is 15.1 Å². The summed E-state index contributed by atoms with van der Waals surface area (Å²) in [6.07, 6.45) is 2.11. The van der Waals surface area contributed by atoms with Crippen molar-refractivity contribution in [3.63, 3.8) is 0 Å². The Balaban J connectivity index is 1.87. The third-order valence-corrected chi connectivity index (χ3v) is 5.12. The SMILES string of the molecule is Cc1nn(CCC(=O)NCc2c(Br)cnn2C)c(C)c1Br. The fraction of sp³-hybridized carbons (Fsp3) is 0.462. The van der Waals surface area contributed by atoms with Crippen molar-refractivity contribution in [2.45, 2.75) is 33.4 Å².